The summed E-state index contributed by atoms with van der Waals surface area (Å²) in [7, 11) is 2.11. The predicted octanol–water partition coefficient (Wildman–Crippen LogP) is 4.74. The minimum atomic E-state index is -0.142. The summed E-state index contributed by atoms with van der Waals surface area (Å²) < 4.78 is 0. The molecule has 26 heavy (non-hydrogen) atoms. The van der Waals surface area contributed by atoms with Gasteiger partial charge >= 0.3 is 0 Å². The molecule has 2 aromatic rings. The average Bonchev–Trinajstić information content (AvgIpc) is 2.67. The fourth-order valence-electron chi connectivity index (χ4n) is 3.48. The minimum Gasteiger partial charge on any atom is -0.376 e. The molecular weight excluding hydrogens is 340 g/mol. The van der Waals surface area contributed by atoms with Crippen molar-refractivity contribution >= 4 is 17.7 Å². The lowest BCUT2D eigenvalue weighted by atomic mass is 9.95. The molecule has 0 spiro atoms. The Kier molecular flexibility index (Phi) is 6.04. The fraction of sp³-hybridized carbons (Fsp3) is 0.318. The Morgan fingerprint density at radius 2 is 1.85 bits per heavy atom. The summed E-state index contributed by atoms with van der Waals surface area (Å²) in [5, 5.41) is 3.28. The number of nitrogens with zero attached hydrogens (tertiary/aromatic N) is 1. The average molecular weight is 367 g/mol. The van der Waals surface area contributed by atoms with E-state index in [-0.39, 0.29) is 11.9 Å². The van der Waals surface area contributed by atoms with E-state index < -0.39 is 0 Å². The van der Waals surface area contributed by atoms with Crippen LogP contribution in [0.1, 0.15) is 35.3 Å². The highest BCUT2D eigenvalue weighted by Crippen LogP contribution is 2.30. The topological polar surface area (TPSA) is 32.3 Å². The van der Waals surface area contributed by atoms with Crippen LogP contribution in [0.3, 0.4) is 0 Å². The Morgan fingerprint density at radius 3 is 2.54 bits per heavy atom. The predicted molar refractivity (Wildman–Crippen MR) is 109 cm³/mol. The van der Waals surface area contributed by atoms with E-state index >= 15 is 0 Å². The SMILES string of the molecule is CSc1ccccc1C(=O)NC(C1=CCC(C)CN1C)c1ccccc1. The van der Waals surface area contributed by atoms with Gasteiger partial charge in [-0.05, 0) is 36.3 Å². The first-order chi connectivity index (χ1) is 12.6. The number of thioether (sulfide) groups is 1. The summed E-state index contributed by atoms with van der Waals surface area (Å²) in [5.41, 5.74) is 3.01. The van der Waals surface area contributed by atoms with Gasteiger partial charge in [0.05, 0.1) is 11.6 Å². The normalized spacial score (nSPS) is 18.2. The van der Waals surface area contributed by atoms with Crippen LogP contribution in [-0.2, 0) is 0 Å². The van der Waals surface area contributed by atoms with Crippen molar-refractivity contribution in [3.05, 3.63) is 77.5 Å². The number of benzene rings is 2. The Bertz CT molecular complexity index is 788. The van der Waals surface area contributed by atoms with Crippen LogP contribution in [0.25, 0.3) is 0 Å². The maximum atomic E-state index is 13.1. The molecule has 0 saturated carbocycles. The van der Waals surface area contributed by atoms with Gasteiger partial charge in [0.15, 0.2) is 0 Å². The number of carbonyl (C=O) groups excluding carboxylic acids is 1. The highest BCUT2D eigenvalue weighted by molar-refractivity contribution is 7.98. The summed E-state index contributed by atoms with van der Waals surface area (Å²) in [6.45, 7) is 3.26. The summed E-state index contributed by atoms with van der Waals surface area (Å²) >= 11 is 1.60. The first-order valence-electron chi connectivity index (χ1n) is 9.00. The molecule has 3 rings (SSSR count). The Labute approximate surface area is 160 Å². The number of hydrogen-bond acceptors (Lipinski definition) is 3. The molecule has 2 atom stereocenters. The van der Waals surface area contributed by atoms with Crippen LogP contribution in [0.5, 0.6) is 0 Å². The second-order valence-corrected chi connectivity index (χ2v) is 7.72. The Morgan fingerprint density at radius 1 is 1.15 bits per heavy atom. The van der Waals surface area contributed by atoms with Crippen molar-refractivity contribution in [1.82, 2.24) is 10.2 Å². The molecule has 3 nitrogen and oxygen atoms in total. The number of rotatable bonds is 5. The van der Waals surface area contributed by atoms with Gasteiger partial charge < -0.3 is 10.2 Å². The molecule has 1 aliphatic heterocycles. The van der Waals surface area contributed by atoms with E-state index in [1.165, 1.54) is 5.70 Å². The monoisotopic (exact) mass is 366 g/mol. The van der Waals surface area contributed by atoms with Gasteiger partial charge in [-0.2, -0.15) is 0 Å². The van der Waals surface area contributed by atoms with Crippen LogP contribution in [0.4, 0.5) is 0 Å². The van der Waals surface area contributed by atoms with Gasteiger partial charge in [0.1, 0.15) is 0 Å². The van der Waals surface area contributed by atoms with Crippen LogP contribution in [0, 0.1) is 5.92 Å². The first kappa shape index (κ1) is 18.6. The molecule has 0 aliphatic carbocycles. The van der Waals surface area contributed by atoms with Crippen molar-refractivity contribution in [1.29, 1.82) is 0 Å². The van der Waals surface area contributed by atoms with E-state index in [0.29, 0.717) is 5.92 Å². The lowest BCUT2D eigenvalue weighted by Crippen LogP contribution is -2.38. The first-order valence-corrected chi connectivity index (χ1v) is 10.2. The van der Waals surface area contributed by atoms with E-state index in [9.17, 15) is 4.79 Å². The van der Waals surface area contributed by atoms with Gasteiger partial charge in [-0.25, -0.2) is 0 Å². The van der Waals surface area contributed by atoms with Gasteiger partial charge in [0.2, 0.25) is 0 Å². The van der Waals surface area contributed by atoms with Crippen LogP contribution >= 0.6 is 11.8 Å². The quantitative estimate of drug-likeness (QED) is 0.776. The molecule has 2 unspecified atom stereocenters. The maximum Gasteiger partial charge on any atom is 0.253 e. The van der Waals surface area contributed by atoms with Gasteiger partial charge in [0, 0.05) is 24.2 Å². The Balaban J connectivity index is 1.93. The lowest BCUT2D eigenvalue weighted by molar-refractivity contribution is 0.0933. The summed E-state index contributed by atoms with van der Waals surface area (Å²) in [5.74, 6) is 0.602. The molecule has 0 bridgehead atoms. The van der Waals surface area contributed by atoms with Crippen molar-refractivity contribution in [2.75, 3.05) is 19.8 Å². The lowest BCUT2D eigenvalue weighted by Gasteiger charge is -2.35. The maximum absolute atomic E-state index is 13.1. The summed E-state index contributed by atoms with van der Waals surface area (Å²) in [6.07, 6.45) is 5.31. The second kappa shape index (κ2) is 8.45. The van der Waals surface area contributed by atoms with Crippen molar-refractivity contribution in [2.45, 2.75) is 24.3 Å². The number of amides is 1. The summed E-state index contributed by atoms with van der Waals surface area (Å²) in [6, 6.07) is 17.8. The minimum absolute atomic E-state index is 0.0308. The summed E-state index contributed by atoms with van der Waals surface area (Å²) in [4.78, 5) is 16.3. The van der Waals surface area contributed by atoms with Crippen LogP contribution in [0.2, 0.25) is 0 Å². The molecule has 1 aliphatic rings. The number of hydrogen-bond donors (Lipinski definition) is 1. The van der Waals surface area contributed by atoms with Crippen molar-refractivity contribution in [3.63, 3.8) is 0 Å². The van der Waals surface area contributed by atoms with E-state index in [0.717, 1.165) is 29.0 Å². The number of carbonyl (C=O) groups is 1. The van der Waals surface area contributed by atoms with Gasteiger partial charge in [-0.3, -0.25) is 4.79 Å². The molecule has 0 saturated heterocycles. The fourth-order valence-corrected chi connectivity index (χ4v) is 4.07. The molecule has 0 radical (unpaired) electrons. The molecule has 1 N–H and O–H groups in total. The number of likely N-dealkylation sites (N-methyl/N-ethyl adjacent to an activating group) is 1. The highest BCUT2D eigenvalue weighted by atomic mass is 32.2. The molecule has 4 heteroatoms. The largest absolute Gasteiger partial charge is 0.376 e. The molecule has 136 valence electrons. The molecule has 1 amide bonds. The Hall–Kier alpha value is -2.20. The zero-order valence-electron chi connectivity index (χ0n) is 15.6. The van der Waals surface area contributed by atoms with Gasteiger partial charge in [-0.15, -0.1) is 11.8 Å². The third kappa shape index (κ3) is 4.13. The van der Waals surface area contributed by atoms with E-state index in [1.54, 1.807) is 11.8 Å². The standard InChI is InChI=1S/C22H26N2OS/c1-16-13-14-19(24(2)15-16)21(17-9-5-4-6-10-17)23-22(25)18-11-7-8-12-20(18)26-3/h4-12,14,16,21H,13,15H2,1-3H3,(H,23,25). The van der Waals surface area contributed by atoms with Gasteiger partial charge in [-0.1, -0.05) is 55.5 Å². The third-order valence-corrected chi connectivity index (χ3v) is 5.61. The molecule has 2 aromatic carbocycles. The van der Waals surface area contributed by atoms with Crippen molar-refractivity contribution in [3.8, 4) is 0 Å². The van der Waals surface area contributed by atoms with Crippen LogP contribution in [-0.4, -0.2) is 30.7 Å². The molecule has 0 fully saturated rings. The smallest absolute Gasteiger partial charge is 0.253 e. The highest BCUT2D eigenvalue weighted by Gasteiger charge is 2.26. The van der Waals surface area contributed by atoms with Gasteiger partial charge in [0.25, 0.3) is 5.91 Å². The van der Waals surface area contributed by atoms with Crippen LogP contribution < -0.4 is 5.32 Å². The van der Waals surface area contributed by atoms with Crippen molar-refractivity contribution < 1.29 is 4.79 Å². The van der Waals surface area contributed by atoms with Crippen LogP contribution in [0.15, 0.2) is 71.3 Å². The second-order valence-electron chi connectivity index (χ2n) is 6.87. The van der Waals surface area contributed by atoms with E-state index in [2.05, 4.69) is 42.4 Å². The van der Waals surface area contributed by atoms with E-state index in [1.807, 2.05) is 48.7 Å². The zero-order chi connectivity index (χ0) is 18.5. The number of allylic oxidation sites excluding steroid dienone is 1. The number of nitrogens with one attached hydrogen (secondary N) is 1. The zero-order valence-corrected chi connectivity index (χ0v) is 16.4. The van der Waals surface area contributed by atoms with E-state index in [4.69, 9.17) is 0 Å². The van der Waals surface area contributed by atoms with Crippen molar-refractivity contribution in [2.24, 2.45) is 5.92 Å². The molecule has 1 heterocycles. The molecular formula is C22H26N2OS. The third-order valence-electron chi connectivity index (χ3n) is 4.81. The molecule has 0 aromatic heterocycles.